The van der Waals surface area contributed by atoms with Crippen LogP contribution in [-0.4, -0.2) is 49.7 Å². The fourth-order valence-corrected chi connectivity index (χ4v) is 5.37. The lowest BCUT2D eigenvalue weighted by Crippen LogP contribution is -2.50. The zero-order valence-electron chi connectivity index (χ0n) is 15.1. The van der Waals surface area contributed by atoms with Crippen LogP contribution in [0.4, 0.5) is 4.39 Å². The molecule has 0 atom stereocenters. The van der Waals surface area contributed by atoms with E-state index in [1.165, 1.54) is 54.6 Å². The van der Waals surface area contributed by atoms with Crippen LogP contribution in [0.5, 0.6) is 0 Å². The van der Waals surface area contributed by atoms with E-state index in [9.17, 15) is 17.6 Å². The van der Waals surface area contributed by atoms with Crippen LogP contribution in [0.2, 0.25) is 0 Å². The van der Waals surface area contributed by atoms with E-state index in [1.54, 1.807) is 4.90 Å². The van der Waals surface area contributed by atoms with Gasteiger partial charge in [-0.15, -0.1) is 0 Å². The molecule has 1 saturated heterocycles. The Balaban J connectivity index is 1.51. The van der Waals surface area contributed by atoms with Crippen molar-refractivity contribution in [3.8, 4) is 0 Å². The maximum atomic E-state index is 13.3. The van der Waals surface area contributed by atoms with Gasteiger partial charge in [0.1, 0.15) is 5.82 Å². The normalized spacial score (nSPS) is 20.3. The number of carbonyl (C=O) groups is 1. The van der Waals surface area contributed by atoms with E-state index in [-0.39, 0.29) is 23.9 Å². The fourth-order valence-electron chi connectivity index (χ4n) is 3.92. The highest BCUT2D eigenvalue weighted by Crippen LogP contribution is 2.27. The molecule has 1 amide bonds. The molecular formula is C19H27FN2O3S. The summed E-state index contributed by atoms with van der Waals surface area (Å²) < 4.78 is 39.9. The number of hydrogen-bond acceptors (Lipinski definition) is 3. The van der Waals surface area contributed by atoms with Crippen molar-refractivity contribution in [1.29, 1.82) is 0 Å². The van der Waals surface area contributed by atoms with E-state index in [0.717, 1.165) is 12.5 Å². The molecular weight excluding hydrogens is 355 g/mol. The Hall–Kier alpha value is -1.47. The Labute approximate surface area is 155 Å². The van der Waals surface area contributed by atoms with Crippen molar-refractivity contribution in [2.24, 2.45) is 5.92 Å². The maximum absolute atomic E-state index is 13.3. The Kier molecular flexibility index (Phi) is 6.29. The minimum atomic E-state index is -3.71. The van der Waals surface area contributed by atoms with Crippen molar-refractivity contribution in [1.82, 2.24) is 9.21 Å². The molecule has 0 N–H and O–H groups in total. The minimum Gasteiger partial charge on any atom is -0.340 e. The van der Waals surface area contributed by atoms with Gasteiger partial charge in [-0.3, -0.25) is 4.79 Å². The summed E-state index contributed by atoms with van der Waals surface area (Å²) in [5.41, 5.74) is 0. The van der Waals surface area contributed by atoms with Crippen LogP contribution < -0.4 is 0 Å². The van der Waals surface area contributed by atoms with Gasteiger partial charge in [0.15, 0.2) is 0 Å². The third-order valence-corrected chi connectivity index (χ3v) is 7.41. The summed E-state index contributed by atoms with van der Waals surface area (Å²) in [7, 11) is -3.71. The van der Waals surface area contributed by atoms with Gasteiger partial charge in [-0.25, -0.2) is 12.8 Å². The van der Waals surface area contributed by atoms with Crippen molar-refractivity contribution in [3.05, 3.63) is 30.1 Å². The highest BCUT2D eigenvalue weighted by Gasteiger charge is 2.30. The van der Waals surface area contributed by atoms with Crippen molar-refractivity contribution in [3.63, 3.8) is 0 Å². The van der Waals surface area contributed by atoms with Gasteiger partial charge in [0.05, 0.1) is 4.90 Å². The van der Waals surface area contributed by atoms with Gasteiger partial charge >= 0.3 is 0 Å². The molecule has 2 fully saturated rings. The van der Waals surface area contributed by atoms with E-state index in [1.807, 2.05) is 0 Å². The molecule has 1 aliphatic heterocycles. The van der Waals surface area contributed by atoms with Gasteiger partial charge in [-0.1, -0.05) is 38.2 Å². The first-order valence-corrected chi connectivity index (χ1v) is 10.9. The van der Waals surface area contributed by atoms with Crippen LogP contribution in [0.15, 0.2) is 29.2 Å². The highest BCUT2D eigenvalue weighted by atomic mass is 32.2. The molecule has 0 radical (unpaired) electrons. The van der Waals surface area contributed by atoms with Gasteiger partial charge < -0.3 is 4.90 Å². The van der Waals surface area contributed by atoms with Crippen LogP contribution in [0.25, 0.3) is 0 Å². The number of hydrogen-bond donors (Lipinski definition) is 0. The Morgan fingerprint density at radius 3 is 2.42 bits per heavy atom. The number of rotatable bonds is 5. The van der Waals surface area contributed by atoms with Crippen molar-refractivity contribution in [2.45, 2.75) is 49.8 Å². The second kappa shape index (κ2) is 8.48. The number of amides is 1. The summed E-state index contributed by atoms with van der Waals surface area (Å²) in [6.45, 7) is 1.32. The minimum absolute atomic E-state index is 0.0328. The van der Waals surface area contributed by atoms with Crippen LogP contribution in [-0.2, 0) is 14.8 Å². The number of nitrogens with zero attached hydrogens (tertiary/aromatic N) is 2. The van der Waals surface area contributed by atoms with Crippen LogP contribution in [0.3, 0.4) is 0 Å². The highest BCUT2D eigenvalue weighted by molar-refractivity contribution is 7.89. The summed E-state index contributed by atoms with van der Waals surface area (Å²) in [4.78, 5) is 14.2. The van der Waals surface area contributed by atoms with Gasteiger partial charge in [0.25, 0.3) is 0 Å². The van der Waals surface area contributed by atoms with Crippen molar-refractivity contribution < 1.29 is 17.6 Å². The third kappa shape index (κ3) is 4.62. The lowest BCUT2D eigenvalue weighted by molar-refractivity contribution is -0.132. The molecule has 2 aliphatic rings. The first kappa shape index (κ1) is 19.3. The summed E-state index contributed by atoms with van der Waals surface area (Å²) >= 11 is 0. The zero-order valence-corrected chi connectivity index (χ0v) is 15.9. The fraction of sp³-hybridized carbons (Fsp3) is 0.632. The third-order valence-electron chi connectivity index (χ3n) is 5.52. The largest absolute Gasteiger partial charge is 0.340 e. The Bertz CT molecular complexity index is 724. The molecule has 3 rings (SSSR count). The smallest absolute Gasteiger partial charge is 0.243 e. The molecule has 7 heteroatoms. The molecule has 1 aliphatic carbocycles. The summed E-state index contributed by atoms with van der Waals surface area (Å²) in [6, 6.07) is 5.06. The molecule has 1 aromatic carbocycles. The maximum Gasteiger partial charge on any atom is 0.243 e. The Morgan fingerprint density at radius 1 is 1.08 bits per heavy atom. The Morgan fingerprint density at radius 2 is 1.77 bits per heavy atom. The quantitative estimate of drug-likeness (QED) is 0.787. The molecule has 26 heavy (non-hydrogen) atoms. The molecule has 0 bridgehead atoms. The second-order valence-corrected chi connectivity index (χ2v) is 9.22. The van der Waals surface area contributed by atoms with Crippen molar-refractivity contribution in [2.75, 3.05) is 26.2 Å². The van der Waals surface area contributed by atoms with E-state index < -0.39 is 15.8 Å². The average Bonchev–Trinajstić information content (AvgIpc) is 2.67. The molecule has 0 unspecified atom stereocenters. The molecule has 1 aromatic rings. The lowest BCUT2D eigenvalue weighted by atomic mass is 9.86. The number of piperazine rings is 1. The van der Waals surface area contributed by atoms with Gasteiger partial charge in [0, 0.05) is 32.6 Å². The van der Waals surface area contributed by atoms with E-state index >= 15 is 0 Å². The molecule has 0 spiro atoms. The van der Waals surface area contributed by atoms with Crippen LogP contribution in [0.1, 0.15) is 44.9 Å². The number of benzene rings is 1. The molecule has 5 nitrogen and oxygen atoms in total. The van der Waals surface area contributed by atoms with Crippen LogP contribution >= 0.6 is 0 Å². The standard InChI is InChI=1S/C19H27FN2O3S/c20-17-7-4-8-18(15-17)26(24,25)22-13-11-21(12-14-22)19(23)10-9-16-5-2-1-3-6-16/h4,7-8,15-16H,1-3,5-6,9-14H2. The van der Waals surface area contributed by atoms with Crippen LogP contribution in [0, 0.1) is 11.7 Å². The van der Waals surface area contributed by atoms with E-state index in [0.29, 0.717) is 25.4 Å². The number of carbonyl (C=O) groups excluding carboxylic acids is 1. The predicted molar refractivity (Wildman–Crippen MR) is 97.5 cm³/mol. The topological polar surface area (TPSA) is 57.7 Å². The van der Waals surface area contributed by atoms with Gasteiger partial charge in [0.2, 0.25) is 15.9 Å². The first-order chi connectivity index (χ1) is 12.5. The second-order valence-electron chi connectivity index (χ2n) is 7.28. The number of halogens is 1. The van der Waals surface area contributed by atoms with E-state index in [2.05, 4.69) is 0 Å². The van der Waals surface area contributed by atoms with Gasteiger partial charge in [-0.05, 0) is 30.5 Å². The lowest BCUT2D eigenvalue weighted by Gasteiger charge is -2.34. The molecule has 1 heterocycles. The summed E-state index contributed by atoms with van der Waals surface area (Å²) in [5, 5.41) is 0. The zero-order chi connectivity index (χ0) is 18.6. The molecule has 1 saturated carbocycles. The first-order valence-electron chi connectivity index (χ1n) is 9.50. The molecule has 144 valence electrons. The number of sulfonamides is 1. The summed E-state index contributed by atoms with van der Waals surface area (Å²) in [6.07, 6.45) is 7.82. The average molecular weight is 383 g/mol. The summed E-state index contributed by atoms with van der Waals surface area (Å²) in [5.74, 6) is 0.225. The monoisotopic (exact) mass is 382 g/mol. The van der Waals surface area contributed by atoms with E-state index in [4.69, 9.17) is 0 Å². The van der Waals surface area contributed by atoms with Gasteiger partial charge in [-0.2, -0.15) is 4.31 Å². The van der Waals surface area contributed by atoms with Crippen molar-refractivity contribution >= 4 is 15.9 Å². The SMILES string of the molecule is O=C(CCC1CCCCC1)N1CCN(S(=O)(=O)c2cccc(F)c2)CC1. The predicted octanol–water partition coefficient (Wildman–Crippen LogP) is 3.02. The molecule has 0 aromatic heterocycles.